The van der Waals surface area contributed by atoms with Crippen LogP contribution < -0.4 is 10.3 Å². The van der Waals surface area contributed by atoms with Crippen LogP contribution in [-0.4, -0.2) is 31.1 Å². The van der Waals surface area contributed by atoms with E-state index in [1.807, 2.05) is 51.2 Å². The standard InChI is InChI=1S/C27H32B2FN3OS/c1-6-19-13-21-22(31-27(35-5)32-26(21)34)14-20(19)24-17(3)16(2)12-23(25(24)30)33(28)29(4)15-18-10-8-7-9-11-18/h7-12,19-20H,6,13-15H2,1-5H3,(H,31,32,34). The number of anilines is 1. The van der Waals surface area contributed by atoms with Crippen molar-refractivity contribution in [3.8, 4) is 0 Å². The minimum Gasteiger partial charge on any atom is -0.467 e. The molecule has 0 bridgehead atoms. The van der Waals surface area contributed by atoms with Crippen LogP contribution in [0.5, 0.6) is 0 Å². The van der Waals surface area contributed by atoms with Gasteiger partial charge in [0.25, 0.3) is 5.56 Å². The predicted octanol–water partition coefficient (Wildman–Crippen LogP) is 5.45. The molecule has 1 aliphatic rings. The highest BCUT2D eigenvalue weighted by Gasteiger charge is 2.35. The molecule has 2 unspecified atom stereocenters. The van der Waals surface area contributed by atoms with Crippen molar-refractivity contribution in [1.29, 1.82) is 0 Å². The summed E-state index contributed by atoms with van der Waals surface area (Å²) in [7, 11) is 6.54. The average molecular weight is 487 g/mol. The van der Waals surface area contributed by atoms with E-state index in [4.69, 9.17) is 13.0 Å². The molecule has 2 radical (unpaired) electrons. The van der Waals surface area contributed by atoms with Crippen molar-refractivity contribution in [1.82, 2.24) is 9.97 Å². The highest BCUT2D eigenvalue weighted by Crippen LogP contribution is 2.42. The van der Waals surface area contributed by atoms with Gasteiger partial charge in [-0.15, -0.1) is 0 Å². The van der Waals surface area contributed by atoms with Crippen LogP contribution in [-0.2, 0) is 19.2 Å². The molecule has 1 aliphatic carbocycles. The van der Waals surface area contributed by atoms with Crippen molar-refractivity contribution >= 4 is 32.3 Å². The number of hydrogen-bond donors (Lipinski definition) is 1. The third kappa shape index (κ3) is 5.09. The number of benzene rings is 2. The van der Waals surface area contributed by atoms with E-state index < -0.39 is 0 Å². The van der Waals surface area contributed by atoms with Gasteiger partial charge in [-0.2, -0.15) is 0 Å². The van der Waals surface area contributed by atoms with E-state index in [0.717, 1.165) is 40.7 Å². The van der Waals surface area contributed by atoms with Crippen LogP contribution in [0.15, 0.2) is 46.3 Å². The van der Waals surface area contributed by atoms with E-state index in [1.165, 1.54) is 11.8 Å². The molecule has 0 aliphatic heterocycles. The summed E-state index contributed by atoms with van der Waals surface area (Å²) in [6.07, 6.45) is 4.62. The normalized spacial score (nSPS) is 17.2. The Morgan fingerprint density at radius 2 is 1.97 bits per heavy atom. The number of nitrogens with zero attached hydrogens (tertiary/aromatic N) is 2. The van der Waals surface area contributed by atoms with Crippen LogP contribution in [0.3, 0.4) is 0 Å². The van der Waals surface area contributed by atoms with Crippen molar-refractivity contribution in [3.63, 3.8) is 0 Å². The second-order valence-electron chi connectivity index (χ2n) is 9.69. The fourth-order valence-corrected chi connectivity index (χ4v) is 5.75. The van der Waals surface area contributed by atoms with Gasteiger partial charge < -0.3 is 9.71 Å². The highest BCUT2D eigenvalue weighted by molar-refractivity contribution is 7.98. The average Bonchev–Trinajstić information content (AvgIpc) is 2.86. The van der Waals surface area contributed by atoms with Gasteiger partial charge in [0, 0.05) is 11.3 Å². The summed E-state index contributed by atoms with van der Waals surface area (Å²) >= 11 is 1.41. The lowest BCUT2D eigenvalue weighted by Crippen LogP contribution is -2.38. The Balaban J connectivity index is 1.74. The second-order valence-corrected chi connectivity index (χ2v) is 10.5. The number of thioether (sulfide) groups is 1. The van der Waals surface area contributed by atoms with E-state index >= 15 is 4.39 Å². The molecule has 1 N–H and O–H groups in total. The molecule has 4 rings (SSSR count). The van der Waals surface area contributed by atoms with E-state index in [9.17, 15) is 4.79 Å². The Morgan fingerprint density at radius 1 is 1.26 bits per heavy atom. The molecule has 4 nitrogen and oxygen atoms in total. The number of aromatic nitrogens is 2. The number of nitrogens with one attached hydrogen (secondary N) is 1. The summed E-state index contributed by atoms with van der Waals surface area (Å²) in [5, 5.41) is 0.604. The first-order valence-corrected chi connectivity index (χ1v) is 13.5. The Morgan fingerprint density at radius 3 is 2.63 bits per heavy atom. The van der Waals surface area contributed by atoms with Crippen LogP contribution in [0.2, 0.25) is 6.82 Å². The minimum atomic E-state index is -0.252. The molecule has 35 heavy (non-hydrogen) atoms. The number of H-pyrrole nitrogens is 1. The summed E-state index contributed by atoms with van der Waals surface area (Å²) in [6, 6.07) is 12.0. The van der Waals surface area contributed by atoms with Crippen LogP contribution in [0, 0.1) is 25.6 Å². The Hall–Kier alpha value is -2.47. The first-order chi connectivity index (χ1) is 16.7. The third-order valence-electron chi connectivity index (χ3n) is 7.55. The second kappa shape index (κ2) is 10.7. The van der Waals surface area contributed by atoms with Gasteiger partial charge in [-0.05, 0) is 73.9 Å². The molecule has 1 heterocycles. The first-order valence-electron chi connectivity index (χ1n) is 12.3. The number of aryl methyl sites for hydroxylation is 1. The number of aromatic amines is 1. The maximum atomic E-state index is 16.3. The highest BCUT2D eigenvalue weighted by atomic mass is 32.2. The smallest absolute Gasteiger partial charge is 0.254 e. The quantitative estimate of drug-likeness (QED) is 0.274. The van der Waals surface area contributed by atoms with Crippen LogP contribution >= 0.6 is 11.8 Å². The molecule has 0 saturated heterocycles. The molecule has 2 aromatic carbocycles. The molecule has 3 aromatic rings. The van der Waals surface area contributed by atoms with Gasteiger partial charge in [-0.1, -0.05) is 67.8 Å². The van der Waals surface area contributed by atoms with Gasteiger partial charge in [-0.25, -0.2) is 9.37 Å². The largest absolute Gasteiger partial charge is 0.467 e. The zero-order valence-corrected chi connectivity index (χ0v) is 22.0. The number of fused-ring (bicyclic) bond motifs is 1. The number of rotatable bonds is 7. The van der Waals surface area contributed by atoms with E-state index in [0.29, 0.717) is 29.2 Å². The summed E-state index contributed by atoms with van der Waals surface area (Å²) in [5.74, 6) is -0.160. The van der Waals surface area contributed by atoms with Gasteiger partial charge in [0.2, 0.25) is 14.8 Å². The molecular weight excluding hydrogens is 455 g/mol. The van der Waals surface area contributed by atoms with Crippen LogP contribution in [0.25, 0.3) is 0 Å². The Labute approximate surface area is 213 Å². The molecular formula is C27H32B2FN3OS. The van der Waals surface area contributed by atoms with Crippen molar-refractivity contribution in [2.24, 2.45) is 5.92 Å². The number of halogens is 1. The van der Waals surface area contributed by atoms with Gasteiger partial charge in [0.15, 0.2) is 5.16 Å². The van der Waals surface area contributed by atoms with Gasteiger partial charge >= 0.3 is 0 Å². The first kappa shape index (κ1) is 25.6. The van der Waals surface area contributed by atoms with Gasteiger partial charge in [0.1, 0.15) is 5.82 Å². The minimum absolute atomic E-state index is 0.0621. The molecule has 0 saturated carbocycles. The molecule has 2 atom stereocenters. The Kier molecular flexibility index (Phi) is 7.80. The van der Waals surface area contributed by atoms with E-state index in [2.05, 4.69) is 24.0 Å². The summed E-state index contributed by atoms with van der Waals surface area (Å²) in [4.78, 5) is 20.3. The van der Waals surface area contributed by atoms with Crippen LogP contribution in [0.1, 0.15) is 52.8 Å². The lowest BCUT2D eigenvalue weighted by Gasteiger charge is -2.35. The van der Waals surface area contributed by atoms with Crippen molar-refractivity contribution in [2.45, 2.75) is 64.3 Å². The molecule has 0 fully saturated rings. The van der Waals surface area contributed by atoms with Crippen LogP contribution in [0.4, 0.5) is 10.1 Å². The predicted molar refractivity (Wildman–Crippen MR) is 146 cm³/mol. The van der Waals surface area contributed by atoms with Gasteiger partial charge in [-0.3, -0.25) is 4.79 Å². The Bertz CT molecular complexity index is 1270. The van der Waals surface area contributed by atoms with E-state index in [1.54, 1.807) is 4.72 Å². The molecule has 0 amide bonds. The molecule has 1 aromatic heterocycles. The topological polar surface area (TPSA) is 49.0 Å². The lowest BCUT2D eigenvalue weighted by atomic mass is 9.56. The van der Waals surface area contributed by atoms with E-state index in [-0.39, 0.29) is 30.1 Å². The molecule has 0 spiro atoms. The monoisotopic (exact) mass is 487 g/mol. The summed E-state index contributed by atoms with van der Waals surface area (Å²) in [5.41, 5.74) is 5.74. The zero-order valence-electron chi connectivity index (χ0n) is 21.2. The van der Waals surface area contributed by atoms with Crippen molar-refractivity contribution in [3.05, 3.63) is 86.1 Å². The maximum Gasteiger partial charge on any atom is 0.254 e. The maximum absolute atomic E-state index is 16.3. The van der Waals surface area contributed by atoms with Gasteiger partial charge in [0.05, 0.1) is 5.69 Å². The number of hydrogen-bond acceptors (Lipinski definition) is 4. The third-order valence-corrected chi connectivity index (χ3v) is 8.13. The zero-order chi connectivity index (χ0) is 25.3. The van der Waals surface area contributed by atoms with Crippen molar-refractivity contribution < 1.29 is 4.39 Å². The van der Waals surface area contributed by atoms with Crippen molar-refractivity contribution in [2.75, 3.05) is 11.0 Å². The fourth-order valence-electron chi connectivity index (χ4n) is 5.36. The molecule has 180 valence electrons. The molecule has 8 heteroatoms. The fraction of sp³-hybridized carbons (Fsp3) is 0.407. The summed E-state index contributed by atoms with van der Waals surface area (Å²) < 4.78 is 17.9. The SMILES string of the molecule is [B]N(B(C)Cc1ccccc1)c1cc(C)c(C)c(C2Cc3nc(SC)[nH]c(=O)c3CC2CC)c1F. The summed E-state index contributed by atoms with van der Waals surface area (Å²) in [6.45, 7) is 8.06. The lowest BCUT2D eigenvalue weighted by molar-refractivity contribution is 0.363.